The number of anilines is 1. The summed E-state index contributed by atoms with van der Waals surface area (Å²) < 4.78 is 11.6. The zero-order chi connectivity index (χ0) is 21.2. The largest absolute Gasteiger partial charge is 0.492 e. The van der Waals surface area contributed by atoms with Gasteiger partial charge >= 0.3 is 0 Å². The molecule has 0 spiro atoms. The zero-order valence-electron chi connectivity index (χ0n) is 17.5. The van der Waals surface area contributed by atoms with Crippen LogP contribution in [0, 0.1) is 0 Å². The molecule has 0 aliphatic carbocycles. The van der Waals surface area contributed by atoms with Crippen LogP contribution < -0.4 is 14.8 Å². The highest BCUT2D eigenvalue weighted by molar-refractivity contribution is 6.04. The summed E-state index contributed by atoms with van der Waals surface area (Å²) >= 11 is 0. The number of para-hydroxylation sites is 1. The van der Waals surface area contributed by atoms with Crippen LogP contribution in [-0.4, -0.2) is 37.0 Å². The molecule has 0 saturated carbocycles. The van der Waals surface area contributed by atoms with Crippen molar-refractivity contribution in [3.05, 3.63) is 84.4 Å². The second-order valence-electron chi connectivity index (χ2n) is 6.80. The van der Waals surface area contributed by atoms with Crippen molar-refractivity contribution in [3.8, 4) is 17.2 Å². The number of rotatable bonds is 10. The Hall–Kier alpha value is -3.31. The summed E-state index contributed by atoms with van der Waals surface area (Å²) in [5.74, 6) is 1.94. The third kappa shape index (κ3) is 6.36. The van der Waals surface area contributed by atoms with Crippen molar-refractivity contribution in [2.45, 2.75) is 13.8 Å². The molecule has 30 heavy (non-hydrogen) atoms. The second kappa shape index (κ2) is 11.0. The van der Waals surface area contributed by atoms with E-state index < -0.39 is 0 Å². The van der Waals surface area contributed by atoms with Gasteiger partial charge in [0, 0.05) is 17.8 Å². The minimum absolute atomic E-state index is 0.191. The van der Waals surface area contributed by atoms with E-state index in [0.717, 1.165) is 31.1 Å². The summed E-state index contributed by atoms with van der Waals surface area (Å²) in [6.07, 6.45) is 0. The Morgan fingerprint density at radius 3 is 2.23 bits per heavy atom. The summed E-state index contributed by atoms with van der Waals surface area (Å²) in [5, 5.41) is 2.91. The third-order valence-corrected chi connectivity index (χ3v) is 4.76. The van der Waals surface area contributed by atoms with Gasteiger partial charge in [0.25, 0.3) is 5.91 Å². The van der Waals surface area contributed by atoms with Crippen molar-refractivity contribution in [3.63, 3.8) is 0 Å². The molecule has 0 atom stereocenters. The standard InChI is InChI=1S/C25H28N2O3/c1-3-27(4-2)17-18-29-22-15-13-21(14-16-22)26-25(28)20-9-8-12-24(19-20)30-23-10-6-5-7-11-23/h5-16,19H,3-4,17-18H2,1-2H3,(H,26,28). The first-order chi connectivity index (χ1) is 14.7. The molecule has 0 unspecified atom stereocenters. The zero-order valence-corrected chi connectivity index (χ0v) is 17.5. The Labute approximate surface area is 178 Å². The quantitative estimate of drug-likeness (QED) is 0.488. The van der Waals surface area contributed by atoms with Gasteiger partial charge in [-0.25, -0.2) is 0 Å². The average molecular weight is 405 g/mol. The second-order valence-corrected chi connectivity index (χ2v) is 6.80. The van der Waals surface area contributed by atoms with Gasteiger partial charge in [0.1, 0.15) is 23.9 Å². The number of nitrogens with zero attached hydrogens (tertiary/aromatic N) is 1. The van der Waals surface area contributed by atoms with E-state index in [2.05, 4.69) is 24.1 Å². The molecule has 0 aliphatic rings. The van der Waals surface area contributed by atoms with Gasteiger partial charge < -0.3 is 19.7 Å². The van der Waals surface area contributed by atoms with Crippen molar-refractivity contribution >= 4 is 11.6 Å². The van der Waals surface area contributed by atoms with Gasteiger partial charge in [0.15, 0.2) is 0 Å². The smallest absolute Gasteiger partial charge is 0.255 e. The fraction of sp³-hybridized carbons (Fsp3) is 0.240. The van der Waals surface area contributed by atoms with Crippen LogP contribution in [0.1, 0.15) is 24.2 Å². The van der Waals surface area contributed by atoms with Gasteiger partial charge in [-0.3, -0.25) is 4.79 Å². The number of hydrogen-bond acceptors (Lipinski definition) is 4. The summed E-state index contributed by atoms with van der Waals surface area (Å²) in [7, 11) is 0. The number of carbonyl (C=O) groups is 1. The maximum atomic E-state index is 12.6. The van der Waals surface area contributed by atoms with E-state index in [9.17, 15) is 4.79 Å². The van der Waals surface area contributed by atoms with Gasteiger partial charge in [0.05, 0.1) is 0 Å². The van der Waals surface area contributed by atoms with Gasteiger partial charge in [0.2, 0.25) is 0 Å². The fourth-order valence-corrected chi connectivity index (χ4v) is 3.00. The van der Waals surface area contributed by atoms with Crippen LogP contribution in [0.25, 0.3) is 0 Å². The van der Waals surface area contributed by atoms with Crippen LogP contribution in [0.2, 0.25) is 0 Å². The lowest BCUT2D eigenvalue weighted by atomic mass is 10.2. The molecule has 0 radical (unpaired) electrons. The summed E-state index contributed by atoms with van der Waals surface area (Å²) in [6, 6.07) is 24.0. The van der Waals surface area contributed by atoms with Crippen LogP contribution in [0.15, 0.2) is 78.9 Å². The minimum Gasteiger partial charge on any atom is -0.492 e. The van der Waals surface area contributed by atoms with Crippen LogP contribution in [-0.2, 0) is 0 Å². The summed E-state index contributed by atoms with van der Waals surface area (Å²) in [4.78, 5) is 14.9. The Morgan fingerprint density at radius 2 is 1.53 bits per heavy atom. The monoisotopic (exact) mass is 404 g/mol. The third-order valence-electron chi connectivity index (χ3n) is 4.76. The Balaban J connectivity index is 1.55. The molecule has 5 nitrogen and oxygen atoms in total. The highest BCUT2D eigenvalue weighted by atomic mass is 16.5. The molecule has 0 bridgehead atoms. The van der Waals surface area contributed by atoms with Crippen molar-refractivity contribution in [1.82, 2.24) is 4.90 Å². The molecule has 3 aromatic rings. The molecule has 5 heteroatoms. The molecular formula is C25H28N2O3. The maximum absolute atomic E-state index is 12.6. The van der Waals surface area contributed by atoms with Crippen molar-refractivity contribution in [1.29, 1.82) is 0 Å². The van der Waals surface area contributed by atoms with Crippen molar-refractivity contribution < 1.29 is 14.3 Å². The molecule has 1 N–H and O–H groups in total. The van der Waals surface area contributed by atoms with E-state index in [-0.39, 0.29) is 5.91 Å². The Bertz CT molecular complexity index is 923. The SMILES string of the molecule is CCN(CC)CCOc1ccc(NC(=O)c2cccc(Oc3ccccc3)c2)cc1. The number of amides is 1. The number of nitrogens with one attached hydrogen (secondary N) is 1. The van der Waals surface area contributed by atoms with Gasteiger partial charge in [-0.15, -0.1) is 0 Å². The number of hydrogen-bond donors (Lipinski definition) is 1. The van der Waals surface area contributed by atoms with Crippen LogP contribution in [0.5, 0.6) is 17.2 Å². The lowest BCUT2D eigenvalue weighted by molar-refractivity contribution is 0.102. The maximum Gasteiger partial charge on any atom is 0.255 e. The first kappa shape index (κ1) is 21.4. The Morgan fingerprint density at radius 1 is 0.833 bits per heavy atom. The Kier molecular flexibility index (Phi) is 7.86. The van der Waals surface area contributed by atoms with E-state index in [0.29, 0.717) is 23.6 Å². The molecule has 0 aromatic heterocycles. The minimum atomic E-state index is -0.191. The lowest BCUT2D eigenvalue weighted by Gasteiger charge is -2.18. The van der Waals surface area contributed by atoms with Crippen LogP contribution >= 0.6 is 0 Å². The predicted octanol–water partition coefficient (Wildman–Crippen LogP) is 5.45. The molecule has 1 amide bonds. The van der Waals surface area contributed by atoms with E-state index in [1.54, 1.807) is 18.2 Å². The number of carbonyl (C=O) groups excluding carboxylic acids is 1. The predicted molar refractivity (Wildman–Crippen MR) is 121 cm³/mol. The van der Waals surface area contributed by atoms with Gasteiger partial charge in [-0.2, -0.15) is 0 Å². The first-order valence-electron chi connectivity index (χ1n) is 10.3. The first-order valence-corrected chi connectivity index (χ1v) is 10.3. The highest BCUT2D eigenvalue weighted by Gasteiger charge is 2.08. The van der Waals surface area contributed by atoms with Gasteiger partial charge in [-0.1, -0.05) is 38.1 Å². The average Bonchev–Trinajstić information content (AvgIpc) is 2.79. The fourth-order valence-electron chi connectivity index (χ4n) is 3.00. The number of likely N-dealkylation sites (N-methyl/N-ethyl adjacent to an activating group) is 1. The van der Waals surface area contributed by atoms with Crippen molar-refractivity contribution in [2.75, 3.05) is 31.6 Å². The van der Waals surface area contributed by atoms with Crippen molar-refractivity contribution in [2.24, 2.45) is 0 Å². The lowest BCUT2D eigenvalue weighted by Crippen LogP contribution is -2.27. The summed E-state index contributed by atoms with van der Waals surface area (Å²) in [5.41, 5.74) is 1.24. The van der Waals surface area contributed by atoms with E-state index in [4.69, 9.17) is 9.47 Å². The molecule has 3 aromatic carbocycles. The van der Waals surface area contributed by atoms with Gasteiger partial charge in [-0.05, 0) is 67.7 Å². The number of ether oxygens (including phenoxy) is 2. The van der Waals surface area contributed by atoms with E-state index in [1.807, 2.05) is 60.7 Å². The molecule has 0 saturated heterocycles. The molecule has 0 aliphatic heterocycles. The molecule has 0 heterocycles. The summed E-state index contributed by atoms with van der Waals surface area (Å²) in [6.45, 7) is 7.86. The number of benzene rings is 3. The van der Waals surface area contributed by atoms with E-state index in [1.165, 1.54) is 0 Å². The molecule has 3 rings (SSSR count). The molecular weight excluding hydrogens is 376 g/mol. The van der Waals surface area contributed by atoms with Crippen LogP contribution in [0.3, 0.4) is 0 Å². The topological polar surface area (TPSA) is 50.8 Å². The molecule has 0 fully saturated rings. The highest BCUT2D eigenvalue weighted by Crippen LogP contribution is 2.23. The van der Waals surface area contributed by atoms with E-state index >= 15 is 0 Å². The normalized spacial score (nSPS) is 10.6. The van der Waals surface area contributed by atoms with Crippen LogP contribution in [0.4, 0.5) is 5.69 Å². The molecule has 156 valence electrons.